The Morgan fingerprint density at radius 1 is 1.25 bits per heavy atom. The van der Waals surface area contributed by atoms with Crippen molar-refractivity contribution < 1.29 is 9.53 Å². The van der Waals surface area contributed by atoms with Crippen molar-refractivity contribution in [2.45, 2.75) is 6.92 Å². The predicted molar refractivity (Wildman–Crippen MR) is 80.3 cm³/mol. The SMILES string of the molecule is CCOc1ccccc1N1CCN(CC(=O)NC)CC1. The second-order valence-corrected chi connectivity index (χ2v) is 4.84. The zero-order chi connectivity index (χ0) is 14.4. The molecule has 0 aliphatic carbocycles. The number of anilines is 1. The van der Waals surface area contributed by atoms with Gasteiger partial charge in [-0.05, 0) is 19.1 Å². The number of carbonyl (C=O) groups excluding carboxylic acids is 1. The van der Waals surface area contributed by atoms with Gasteiger partial charge in [0.2, 0.25) is 5.91 Å². The molecule has 1 fully saturated rings. The van der Waals surface area contributed by atoms with Crippen LogP contribution in [0.2, 0.25) is 0 Å². The zero-order valence-electron chi connectivity index (χ0n) is 12.3. The van der Waals surface area contributed by atoms with E-state index in [1.807, 2.05) is 25.1 Å². The van der Waals surface area contributed by atoms with Crippen LogP contribution in [0.1, 0.15) is 6.92 Å². The Balaban J connectivity index is 1.95. The number of para-hydroxylation sites is 2. The maximum Gasteiger partial charge on any atom is 0.233 e. The van der Waals surface area contributed by atoms with Crippen LogP contribution >= 0.6 is 0 Å². The molecule has 5 nitrogen and oxygen atoms in total. The molecule has 1 aromatic rings. The van der Waals surface area contributed by atoms with Gasteiger partial charge < -0.3 is 15.0 Å². The average molecular weight is 277 g/mol. The van der Waals surface area contributed by atoms with Crippen LogP contribution in [-0.2, 0) is 4.79 Å². The van der Waals surface area contributed by atoms with E-state index in [0.717, 1.165) is 37.6 Å². The van der Waals surface area contributed by atoms with Gasteiger partial charge in [0, 0.05) is 33.2 Å². The predicted octanol–water partition coefficient (Wildman–Crippen LogP) is 0.953. The van der Waals surface area contributed by atoms with E-state index in [0.29, 0.717) is 13.2 Å². The highest BCUT2D eigenvalue weighted by Crippen LogP contribution is 2.28. The van der Waals surface area contributed by atoms with Crippen molar-refractivity contribution in [3.8, 4) is 5.75 Å². The van der Waals surface area contributed by atoms with E-state index in [1.54, 1.807) is 7.05 Å². The summed E-state index contributed by atoms with van der Waals surface area (Å²) in [6, 6.07) is 8.14. The third-order valence-electron chi connectivity index (χ3n) is 3.52. The first-order chi connectivity index (χ1) is 9.74. The van der Waals surface area contributed by atoms with Crippen molar-refractivity contribution in [3.05, 3.63) is 24.3 Å². The topological polar surface area (TPSA) is 44.8 Å². The summed E-state index contributed by atoms with van der Waals surface area (Å²) in [5.41, 5.74) is 1.15. The minimum absolute atomic E-state index is 0.0770. The summed E-state index contributed by atoms with van der Waals surface area (Å²) in [6.45, 7) is 6.78. The monoisotopic (exact) mass is 277 g/mol. The lowest BCUT2D eigenvalue weighted by molar-refractivity contribution is -0.121. The van der Waals surface area contributed by atoms with Gasteiger partial charge in [-0.1, -0.05) is 12.1 Å². The standard InChI is InChI=1S/C15H23N3O2/c1-3-20-14-7-5-4-6-13(14)18-10-8-17(9-11-18)12-15(19)16-2/h4-7H,3,8-12H2,1-2H3,(H,16,19). The first kappa shape index (κ1) is 14.7. The lowest BCUT2D eigenvalue weighted by atomic mass is 10.2. The number of ether oxygens (including phenoxy) is 1. The van der Waals surface area contributed by atoms with Crippen LogP contribution in [0.25, 0.3) is 0 Å². The van der Waals surface area contributed by atoms with Gasteiger partial charge in [0.15, 0.2) is 0 Å². The molecule has 1 N–H and O–H groups in total. The number of hydrogen-bond acceptors (Lipinski definition) is 4. The minimum atomic E-state index is 0.0770. The Morgan fingerprint density at radius 3 is 2.60 bits per heavy atom. The molecule has 5 heteroatoms. The molecular weight excluding hydrogens is 254 g/mol. The van der Waals surface area contributed by atoms with Gasteiger partial charge >= 0.3 is 0 Å². The fraction of sp³-hybridized carbons (Fsp3) is 0.533. The van der Waals surface area contributed by atoms with Gasteiger partial charge in [0.25, 0.3) is 0 Å². The summed E-state index contributed by atoms with van der Waals surface area (Å²) in [5.74, 6) is 1.02. The van der Waals surface area contributed by atoms with E-state index in [4.69, 9.17) is 4.74 Å². The maximum absolute atomic E-state index is 11.4. The number of carbonyl (C=O) groups is 1. The number of amides is 1. The van der Waals surface area contributed by atoms with Crippen LogP contribution in [0.4, 0.5) is 5.69 Å². The van der Waals surface area contributed by atoms with E-state index in [1.165, 1.54) is 0 Å². The number of rotatable bonds is 5. The molecule has 0 unspecified atom stereocenters. The molecule has 0 aromatic heterocycles. The minimum Gasteiger partial charge on any atom is -0.492 e. The molecule has 1 heterocycles. The average Bonchev–Trinajstić information content (AvgIpc) is 2.49. The number of likely N-dealkylation sites (N-methyl/N-ethyl adjacent to an activating group) is 1. The van der Waals surface area contributed by atoms with Crippen molar-refractivity contribution in [1.82, 2.24) is 10.2 Å². The van der Waals surface area contributed by atoms with Crippen molar-refractivity contribution in [2.75, 3.05) is 51.3 Å². The van der Waals surface area contributed by atoms with Crippen LogP contribution < -0.4 is 15.0 Å². The molecule has 0 atom stereocenters. The first-order valence-electron chi connectivity index (χ1n) is 7.14. The van der Waals surface area contributed by atoms with Crippen molar-refractivity contribution in [3.63, 3.8) is 0 Å². The number of nitrogens with zero attached hydrogens (tertiary/aromatic N) is 2. The summed E-state index contributed by atoms with van der Waals surface area (Å²) in [5, 5.41) is 2.67. The summed E-state index contributed by atoms with van der Waals surface area (Å²) in [4.78, 5) is 15.9. The smallest absolute Gasteiger partial charge is 0.233 e. The van der Waals surface area contributed by atoms with Gasteiger partial charge in [-0.15, -0.1) is 0 Å². The Labute approximate surface area is 120 Å². The maximum atomic E-state index is 11.4. The Kier molecular flexibility index (Phi) is 5.24. The summed E-state index contributed by atoms with van der Waals surface area (Å²) < 4.78 is 5.68. The molecule has 0 radical (unpaired) electrons. The molecule has 0 saturated carbocycles. The number of hydrogen-bond donors (Lipinski definition) is 1. The van der Waals surface area contributed by atoms with Crippen molar-refractivity contribution in [1.29, 1.82) is 0 Å². The number of benzene rings is 1. The molecule has 1 aliphatic heterocycles. The van der Waals surface area contributed by atoms with Gasteiger partial charge in [-0.3, -0.25) is 9.69 Å². The van der Waals surface area contributed by atoms with Crippen LogP contribution in [0.15, 0.2) is 24.3 Å². The molecular formula is C15H23N3O2. The highest BCUT2D eigenvalue weighted by Gasteiger charge is 2.20. The van der Waals surface area contributed by atoms with E-state index in [9.17, 15) is 4.79 Å². The first-order valence-corrected chi connectivity index (χ1v) is 7.14. The Bertz CT molecular complexity index is 442. The molecule has 110 valence electrons. The molecule has 0 bridgehead atoms. The summed E-state index contributed by atoms with van der Waals surface area (Å²) in [6.07, 6.45) is 0. The van der Waals surface area contributed by atoms with Crippen LogP contribution in [0.3, 0.4) is 0 Å². The second kappa shape index (κ2) is 7.14. The van der Waals surface area contributed by atoms with E-state index in [2.05, 4.69) is 21.2 Å². The Hall–Kier alpha value is -1.75. The van der Waals surface area contributed by atoms with Crippen LogP contribution in [0, 0.1) is 0 Å². The molecule has 1 aromatic carbocycles. The van der Waals surface area contributed by atoms with E-state index >= 15 is 0 Å². The quantitative estimate of drug-likeness (QED) is 0.870. The molecule has 20 heavy (non-hydrogen) atoms. The second-order valence-electron chi connectivity index (χ2n) is 4.84. The van der Waals surface area contributed by atoms with Gasteiger partial charge in [0.1, 0.15) is 5.75 Å². The van der Waals surface area contributed by atoms with Crippen molar-refractivity contribution >= 4 is 11.6 Å². The molecule has 0 spiro atoms. The fourth-order valence-electron chi connectivity index (χ4n) is 2.43. The normalized spacial score (nSPS) is 16.0. The van der Waals surface area contributed by atoms with Crippen LogP contribution in [-0.4, -0.2) is 57.2 Å². The summed E-state index contributed by atoms with van der Waals surface area (Å²) in [7, 11) is 1.68. The van der Waals surface area contributed by atoms with E-state index < -0.39 is 0 Å². The highest BCUT2D eigenvalue weighted by atomic mass is 16.5. The van der Waals surface area contributed by atoms with Crippen molar-refractivity contribution in [2.24, 2.45) is 0 Å². The third-order valence-corrected chi connectivity index (χ3v) is 3.52. The lowest BCUT2D eigenvalue weighted by Crippen LogP contribution is -2.49. The Morgan fingerprint density at radius 2 is 1.95 bits per heavy atom. The van der Waals surface area contributed by atoms with Gasteiger partial charge in [-0.25, -0.2) is 0 Å². The molecule has 1 amide bonds. The molecule has 2 rings (SSSR count). The van der Waals surface area contributed by atoms with E-state index in [-0.39, 0.29) is 5.91 Å². The number of nitrogens with one attached hydrogen (secondary N) is 1. The summed E-state index contributed by atoms with van der Waals surface area (Å²) >= 11 is 0. The highest BCUT2D eigenvalue weighted by molar-refractivity contribution is 5.77. The molecule has 1 aliphatic rings. The third kappa shape index (κ3) is 3.63. The van der Waals surface area contributed by atoms with Gasteiger partial charge in [0.05, 0.1) is 18.8 Å². The fourth-order valence-corrected chi connectivity index (χ4v) is 2.43. The molecule has 1 saturated heterocycles. The largest absolute Gasteiger partial charge is 0.492 e. The van der Waals surface area contributed by atoms with Gasteiger partial charge in [-0.2, -0.15) is 0 Å². The zero-order valence-corrected chi connectivity index (χ0v) is 12.3. The number of piperazine rings is 1. The van der Waals surface area contributed by atoms with Crippen LogP contribution in [0.5, 0.6) is 5.75 Å². The lowest BCUT2D eigenvalue weighted by Gasteiger charge is -2.36.